The summed E-state index contributed by atoms with van der Waals surface area (Å²) in [6.45, 7) is 0.849. The van der Waals surface area contributed by atoms with E-state index in [0.717, 1.165) is 17.5 Å². The minimum atomic E-state index is -0.512. The van der Waals surface area contributed by atoms with Crippen molar-refractivity contribution in [3.05, 3.63) is 113 Å². The first-order chi connectivity index (χ1) is 19.1. The van der Waals surface area contributed by atoms with Gasteiger partial charge in [-0.2, -0.15) is 0 Å². The molecule has 0 bridgehead atoms. The van der Waals surface area contributed by atoms with Crippen LogP contribution in [0.15, 0.2) is 96.1 Å². The van der Waals surface area contributed by atoms with E-state index in [9.17, 15) is 14.4 Å². The molecule has 2 unspecified atom stereocenters. The topological polar surface area (TPSA) is 90.7 Å². The van der Waals surface area contributed by atoms with E-state index in [0.29, 0.717) is 30.5 Å². The summed E-state index contributed by atoms with van der Waals surface area (Å²) < 4.78 is 13.2. The zero-order valence-electron chi connectivity index (χ0n) is 21.6. The van der Waals surface area contributed by atoms with Gasteiger partial charge in [-0.1, -0.05) is 72.8 Å². The molecule has 8 nitrogen and oxygen atoms in total. The number of hydrogen-bond acceptors (Lipinski definition) is 6. The molecule has 4 aromatic rings. The SMILES string of the molecule is O=C(CC1C(OCc2ccccc2)CCCN1C(=O)OCc1ccccc1)Cn1cnc2ccccc2c1=O. The number of ether oxygens (including phenoxy) is 2. The average molecular weight is 526 g/mol. The highest BCUT2D eigenvalue weighted by Crippen LogP contribution is 2.26. The van der Waals surface area contributed by atoms with Gasteiger partial charge in [-0.15, -0.1) is 0 Å². The minimum absolute atomic E-state index is 0.0408. The molecule has 0 saturated carbocycles. The lowest BCUT2D eigenvalue weighted by atomic mass is 9.94. The summed E-state index contributed by atoms with van der Waals surface area (Å²) in [5.74, 6) is -0.185. The van der Waals surface area contributed by atoms with Crippen LogP contribution < -0.4 is 5.56 Å². The molecule has 2 heterocycles. The van der Waals surface area contributed by atoms with Crippen LogP contribution in [0.4, 0.5) is 4.79 Å². The molecule has 5 rings (SSSR count). The summed E-state index contributed by atoms with van der Waals surface area (Å²) in [6, 6.07) is 25.8. The molecular weight excluding hydrogens is 494 g/mol. The Morgan fingerprint density at radius 3 is 2.28 bits per heavy atom. The number of fused-ring (bicyclic) bond motifs is 1. The third kappa shape index (κ3) is 6.59. The number of para-hydroxylation sites is 1. The summed E-state index contributed by atoms with van der Waals surface area (Å²) in [5, 5.41) is 0.459. The van der Waals surface area contributed by atoms with Gasteiger partial charge in [-0.3, -0.25) is 14.2 Å². The quantitative estimate of drug-likeness (QED) is 0.314. The first kappa shape index (κ1) is 26.3. The molecule has 0 N–H and O–H groups in total. The number of nitrogens with zero attached hydrogens (tertiary/aromatic N) is 3. The van der Waals surface area contributed by atoms with E-state index in [1.54, 1.807) is 23.1 Å². The van der Waals surface area contributed by atoms with Gasteiger partial charge in [-0.25, -0.2) is 9.78 Å². The smallest absolute Gasteiger partial charge is 0.410 e. The predicted molar refractivity (Wildman–Crippen MR) is 147 cm³/mol. The van der Waals surface area contributed by atoms with Gasteiger partial charge in [0.05, 0.1) is 42.5 Å². The van der Waals surface area contributed by atoms with Gasteiger partial charge in [-0.05, 0) is 36.1 Å². The Bertz CT molecular complexity index is 1470. The highest BCUT2D eigenvalue weighted by atomic mass is 16.6. The maximum Gasteiger partial charge on any atom is 0.410 e. The summed E-state index contributed by atoms with van der Waals surface area (Å²) in [7, 11) is 0. The Morgan fingerprint density at radius 2 is 1.54 bits per heavy atom. The first-order valence-corrected chi connectivity index (χ1v) is 13.2. The number of piperidine rings is 1. The molecule has 0 aliphatic carbocycles. The summed E-state index contributed by atoms with van der Waals surface area (Å²) >= 11 is 0. The molecule has 0 spiro atoms. The number of carbonyl (C=O) groups is 2. The van der Waals surface area contributed by atoms with E-state index < -0.39 is 12.1 Å². The molecule has 3 aromatic carbocycles. The van der Waals surface area contributed by atoms with Crippen LogP contribution in [0.5, 0.6) is 0 Å². The number of Topliss-reactive ketones (excluding diaryl/α,β-unsaturated/α-hetero) is 1. The van der Waals surface area contributed by atoms with Gasteiger partial charge >= 0.3 is 6.09 Å². The summed E-state index contributed by atoms with van der Waals surface area (Å²) in [6.07, 6.45) is 2.06. The Balaban J connectivity index is 1.32. The first-order valence-electron chi connectivity index (χ1n) is 13.2. The summed E-state index contributed by atoms with van der Waals surface area (Å²) in [5.41, 5.74) is 2.21. The van der Waals surface area contributed by atoms with E-state index in [1.165, 1.54) is 10.9 Å². The minimum Gasteiger partial charge on any atom is -0.445 e. The molecule has 2 atom stereocenters. The lowest BCUT2D eigenvalue weighted by Gasteiger charge is -2.40. The highest BCUT2D eigenvalue weighted by molar-refractivity contribution is 5.81. The van der Waals surface area contributed by atoms with Gasteiger partial charge < -0.3 is 14.4 Å². The molecule has 1 aliphatic heterocycles. The van der Waals surface area contributed by atoms with Crippen LogP contribution >= 0.6 is 0 Å². The molecule has 1 saturated heterocycles. The average Bonchev–Trinajstić information content (AvgIpc) is 2.98. The van der Waals surface area contributed by atoms with E-state index in [1.807, 2.05) is 66.7 Å². The van der Waals surface area contributed by atoms with Crippen LogP contribution in [0.3, 0.4) is 0 Å². The molecule has 8 heteroatoms. The van der Waals surface area contributed by atoms with Crippen molar-refractivity contribution in [3.8, 4) is 0 Å². The van der Waals surface area contributed by atoms with Crippen LogP contribution in [-0.4, -0.2) is 45.0 Å². The third-order valence-electron chi connectivity index (χ3n) is 6.98. The second kappa shape index (κ2) is 12.5. The molecule has 39 heavy (non-hydrogen) atoms. The largest absolute Gasteiger partial charge is 0.445 e. The zero-order valence-corrected chi connectivity index (χ0v) is 21.6. The number of ketones is 1. The molecule has 1 amide bonds. The fourth-order valence-electron chi connectivity index (χ4n) is 4.97. The number of carbonyl (C=O) groups excluding carboxylic acids is 2. The van der Waals surface area contributed by atoms with E-state index >= 15 is 0 Å². The number of amides is 1. The molecule has 1 aromatic heterocycles. The Hall–Kier alpha value is -4.30. The fraction of sp³-hybridized carbons (Fsp3) is 0.290. The molecule has 200 valence electrons. The van der Waals surface area contributed by atoms with Crippen LogP contribution in [0.25, 0.3) is 10.9 Å². The Labute approximate surface area is 226 Å². The van der Waals surface area contributed by atoms with Gasteiger partial charge in [0.15, 0.2) is 5.78 Å². The molecule has 1 aliphatic rings. The van der Waals surface area contributed by atoms with E-state index in [-0.39, 0.29) is 37.0 Å². The van der Waals surface area contributed by atoms with Crippen molar-refractivity contribution < 1.29 is 19.1 Å². The van der Waals surface area contributed by atoms with Gasteiger partial charge in [0.1, 0.15) is 6.61 Å². The lowest BCUT2D eigenvalue weighted by molar-refractivity contribution is -0.123. The number of benzene rings is 3. The summed E-state index contributed by atoms with van der Waals surface area (Å²) in [4.78, 5) is 45.4. The van der Waals surface area contributed by atoms with Crippen LogP contribution in [0.1, 0.15) is 30.4 Å². The zero-order chi connectivity index (χ0) is 27.0. The maximum absolute atomic E-state index is 13.3. The van der Waals surface area contributed by atoms with Gasteiger partial charge in [0, 0.05) is 13.0 Å². The monoisotopic (exact) mass is 525 g/mol. The van der Waals surface area contributed by atoms with Crippen molar-refractivity contribution in [3.63, 3.8) is 0 Å². The number of hydrogen-bond donors (Lipinski definition) is 0. The van der Waals surface area contributed by atoms with E-state index in [4.69, 9.17) is 9.47 Å². The third-order valence-corrected chi connectivity index (χ3v) is 6.98. The second-order valence-corrected chi connectivity index (χ2v) is 9.72. The highest BCUT2D eigenvalue weighted by Gasteiger charge is 2.37. The van der Waals surface area contributed by atoms with Gasteiger partial charge in [0.2, 0.25) is 0 Å². The van der Waals surface area contributed by atoms with Crippen molar-refractivity contribution in [1.82, 2.24) is 14.5 Å². The second-order valence-electron chi connectivity index (χ2n) is 9.72. The number of likely N-dealkylation sites (tertiary alicyclic amines) is 1. The van der Waals surface area contributed by atoms with E-state index in [2.05, 4.69) is 4.98 Å². The van der Waals surface area contributed by atoms with Crippen LogP contribution in [0.2, 0.25) is 0 Å². The number of rotatable bonds is 9. The van der Waals surface area contributed by atoms with Crippen molar-refractivity contribution >= 4 is 22.8 Å². The van der Waals surface area contributed by atoms with Crippen molar-refractivity contribution in [2.45, 2.75) is 51.2 Å². The Morgan fingerprint density at radius 1 is 0.872 bits per heavy atom. The number of aromatic nitrogens is 2. The standard InChI is InChI=1S/C31H31N3O5/c35-25(19-33-22-32-27-15-8-7-14-26(27)30(33)36)18-28-29(38-20-23-10-3-1-4-11-23)16-9-17-34(28)31(37)39-21-24-12-5-2-6-13-24/h1-8,10-15,22,28-29H,9,16-21H2. The fourth-order valence-corrected chi connectivity index (χ4v) is 4.97. The molecule has 1 fully saturated rings. The van der Waals surface area contributed by atoms with Crippen molar-refractivity contribution in [2.24, 2.45) is 0 Å². The molecular formula is C31H31N3O5. The Kier molecular flexibility index (Phi) is 8.43. The van der Waals surface area contributed by atoms with Gasteiger partial charge in [0.25, 0.3) is 5.56 Å². The normalized spacial score (nSPS) is 17.2. The van der Waals surface area contributed by atoms with Crippen molar-refractivity contribution in [1.29, 1.82) is 0 Å². The molecule has 0 radical (unpaired) electrons. The maximum atomic E-state index is 13.3. The van der Waals surface area contributed by atoms with Crippen LogP contribution in [-0.2, 0) is 34.0 Å². The lowest BCUT2D eigenvalue weighted by Crippen LogP contribution is -2.53. The van der Waals surface area contributed by atoms with Crippen molar-refractivity contribution in [2.75, 3.05) is 6.54 Å². The predicted octanol–water partition coefficient (Wildman–Crippen LogP) is 4.74. The van der Waals surface area contributed by atoms with Crippen LogP contribution in [0, 0.1) is 0 Å².